The van der Waals surface area contributed by atoms with Gasteiger partial charge >= 0.3 is 0 Å². The fourth-order valence-electron chi connectivity index (χ4n) is 3.55. The molecule has 0 atom stereocenters. The largest absolute Gasteiger partial charge is 0.454 e. The number of carbonyl (C=O) groups is 1. The van der Waals surface area contributed by atoms with Gasteiger partial charge in [-0.3, -0.25) is 9.69 Å². The quantitative estimate of drug-likeness (QED) is 0.552. The highest BCUT2D eigenvalue weighted by Crippen LogP contribution is 2.32. The Hall–Kier alpha value is -3.21. The van der Waals surface area contributed by atoms with Crippen LogP contribution in [-0.2, 0) is 17.9 Å². The summed E-state index contributed by atoms with van der Waals surface area (Å²) in [6.45, 7) is 4.63. The lowest BCUT2D eigenvalue weighted by Gasteiger charge is -2.34. The summed E-state index contributed by atoms with van der Waals surface area (Å²) in [5.74, 6) is 1.21. The van der Waals surface area contributed by atoms with Gasteiger partial charge < -0.3 is 19.7 Å². The molecule has 2 aromatic rings. The second-order valence-corrected chi connectivity index (χ2v) is 7.90. The lowest BCUT2D eigenvalue weighted by molar-refractivity contribution is -0.117. The van der Waals surface area contributed by atoms with Gasteiger partial charge in [-0.25, -0.2) is 0 Å². The zero-order valence-electron chi connectivity index (χ0n) is 17.0. The SMILES string of the molecule is N#C/C(=C/N1CCN(Cc2ccc3c(c2)OCO3)CC1)C(=O)NCc1ccc(Cl)cc1. The van der Waals surface area contributed by atoms with Crippen LogP contribution in [0.3, 0.4) is 0 Å². The summed E-state index contributed by atoms with van der Waals surface area (Å²) >= 11 is 5.87. The van der Waals surface area contributed by atoms with Crippen LogP contribution in [0.1, 0.15) is 11.1 Å². The van der Waals surface area contributed by atoms with E-state index in [1.54, 1.807) is 18.3 Å². The normalized spacial score (nSPS) is 16.1. The smallest absolute Gasteiger partial charge is 0.263 e. The third-order valence-electron chi connectivity index (χ3n) is 5.29. The molecule has 0 bridgehead atoms. The molecule has 8 heteroatoms. The van der Waals surface area contributed by atoms with Gasteiger partial charge in [0.15, 0.2) is 11.5 Å². The van der Waals surface area contributed by atoms with E-state index in [0.717, 1.165) is 49.8 Å². The maximum absolute atomic E-state index is 12.4. The van der Waals surface area contributed by atoms with Gasteiger partial charge in [0, 0.05) is 50.5 Å². The van der Waals surface area contributed by atoms with Crippen molar-refractivity contribution in [2.75, 3.05) is 33.0 Å². The zero-order chi connectivity index (χ0) is 21.6. The van der Waals surface area contributed by atoms with E-state index in [1.807, 2.05) is 35.2 Å². The van der Waals surface area contributed by atoms with E-state index < -0.39 is 0 Å². The second-order valence-electron chi connectivity index (χ2n) is 7.46. The Balaban J connectivity index is 1.27. The molecule has 0 aromatic heterocycles. The molecule has 160 valence electrons. The fraction of sp³-hybridized carbons (Fsp3) is 0.304. The van der Waals surface area contributed by atoms with Gasteiger partial charge in [0.2, 0.25) is 6.79 Å². The van der Waals surface area contributed by atoms with Crippen LogP contribution in [0.15, 0.2) is 54.2 Å². The number of amides is 1. The Bertz CT molecular complexity index is 1010. The predicted molar refractivity (Wildman–Crippen MR) is 116 cm³/mol. The molecule has 0 saturated carbocycles. The number of nitrogens with zero attached hydrogens (tertiary/aromatic N) is 3. The summed E-state index contributed by atoms with van der Waals surface area (Å²) in [7, 11) is 0. The van der Waals surface area contributed by atoms with Crippen LogP contribution in [0.25, 0.3) is 0 Å². The van der Waals surface area contributed by atoms with Crippen LogP contribution in [0.5, 0.6) is 11.5 Å². The van der Waals surface area contributed by atoms with Crippen LogP contribution in [0, 0.1) is 11.3 Å². The molecular formula is C23H23ClN4O3. The highest BCUT2D eigenvalue weighted by molar-refractivity contribution is 6.30. The first-order valence-electron chi connectivity index (χ1n) is 10.1. The third kappa shape index (κ3) is 5.48. The van der Waals surface area contributed by atoms with Crippen molar-refractivity contribution in [3.63, 3.8) is 0 Å². The first kappa shape index (κ1) is 21.0. The number of rotatable bonds is 6. The molecule has 1 N–H and O–H groups in total. The van der Waals surface area contributed by atoms with E-state index in [9.17, 15) is 10.1 Å². The minimum atomic E-state index is -0.375. The van der Waals surface area contributed by atoms with Crippen molar-refractivity contribution in [1.29, 1.82) is 5.26 Å². The molecule has 1 fully saturated rings. The van der Waals surface area contributed by atoms with Gasteiger partial charge in [-0.05, 0) is 35.4 Å². The molecule has 0 spiro atoms. The van der Waals surface area contributed by atoms with E-state index in [-0.39, 0.29) is 18.3 Å². The van der Waals surface area contributed by atoms with Gasteiger partial charge in [-0.2, -0.15) is 5.26 Å². The lowest BCUT2D eigenvalue weighted by Crippen LogP contribution is -2.44. The molecule has 0 aliphatic carbocycles. The van der Waals surface area contributed by atoms with E-state index in [0.29, 0.717) is 11.6 Å². The van der Waals surface area contributed by atoms with Gasteiger partial charge in [0.05, 0.1) is 0 Å². The average Bonchev–Trinajstić information content (AvgIpc) is 3.26. The zero-order valence-corrected chi connectivity index (χ0v) is 17.8. The van der Waals surface area contributed by atoms with E-state index in [4.69, 9.17) is 21.1 Å². The Kier molecular flexibility index (Phi) is 6.60. The molecule has 4 rings (SSSR count). The minimum absolute atomic E-state index is 0.109. The molecule has 2 aliphatic rings. The average molecular weight is 439 g/mol. The number of halogens is 1. The molecule has 2 aliphatic heterocycles. The van der Waals surface area contributed by atoms with Crippen LogP contribution >= 0.6 is 11.6 Å². The Morgan fingerprint density at radius 2 is 1.77 bits per heavy atom. The van der Waals surface area contributed by atoms with Crippen LogP contribution < -0.4 is 14.8 Å². The van der Waals surface area contributed by atoms with Crippen molar-refractivity contribution >= 4 is 17.5 Å². The summed E-state index contributed by atoms with van der Waals surface area (Å²) in [6, 6.07) is 15.3. The number of fused-ring (bicyclic) bond motifs is 1. The lowest BCUT2D eigenvalue weighted by atomic mass is 10.1. The minimum Gasteiger partial charge on any atom is -0.454 e. The van der Waals surface area contributed by atoms with Gasteiger partial charge in [0.1, 0.15) is 11.6 Å². The third-order valence-corrected chi connectivity index (χ3v) is 5.55. The maximum Gasteiger partial charge on any atom is 0.263 e. The number of piperazine rings is 1. The number of nitriles is 1. The summed E-state index contributed by atoms with van der Waals surface area (Å²) in [5, 5.41) is 12.9. The van der Waals surface area contributed by atoms with Crippen molar-refractivity contribution in [2.45, 2.75) is 13.1 Å². The monoisotopic (exact) mass is 438 g/mol. The van der Waals surface area contributed by atoms with E-state index in [2.05, 4.69) is 16.3 Å². The van der Waals surface area contributed by atoms with Crippen molar-refractivity contribution in [1.82, 2.24) is 15.1 Å². The van der Waals surface area contributed by atoms with Gasteiger partial charge in [-0.1, -0.05) is 29.8 Å². The molecule has 7 nitrogen and oxygen atoms in total. The maximum atomic E-state index is 12.4. The molecule has 0 radical (unpaired) electrons. The van der Waals surface area contributed by atoms with Crippen molar-refractivity contribution < 1.29 is 14.3 Å². The van der Waals surface area contributed by atoms with Crippen LogP contribution in [-0.4, -0.2) is 48.7 Å². The standard InChI is InChI=1S/C23H23ClN4O3/c24-20-4-1-17(2-5-20)13-26-23(29)19(12-25)15-28-9-7-27(8-10-28)14-18-3-6-21-22(11-18)31-16-30-21/h1-6,11,15H,7-10,13-14,16H2,(H,26,29)/b19-15-. The first-order chi connectivity index (χ1) is 15.1. The molecule has 2 heterocycles. The Morgan fingerprint density at radius 1 is 1.06 bits per heavy atom. The summed E-state index contributed by atoms with van der Waals surface area (Å²) < 4.78 is 10.8. The Morgan fingerprint density at radius 3 is 2.52 bits per heavy atom. The number of nitrogens with one attached hydrogen (secondary N) is 1. The topological polar surface area (TPSA) is 77.8 Å². The number of carbonyl (C=O) groups excluding carboxylic acids is 1. The summed E-state index contributed by atoms with van der Waals surface area (Å²) in [5.41, 5.74) is 2.21. The summed E-state index contributed by atoms with van der Waals surface area (Å²) in [6.07, 6.45) is 1.66. The molecule has 0 unspecified atom stereocenters. The number of ether oxygens (including phenoxy) is 2. The fourth-order valence-corrected chi connectivity index (χ4v) is 3.67. The van der Waals surface area contributed by atoms with E-state index in [1.165, 1.54) is 5.56 Å². The molecule has 2 aromatic carbocycles. The highest BCUT2D eigenvalue weighted by atomic mass is 35.5. The second kappa shape index (κ2) is 9.73. The Labute approximate surface area is 186 Å². The summed E-state index contributed by atoms with van der Waals surface area (Å²) in [4.78, 5) is 16.8. The van der Waals surface area contributed by atoms with Crippen molar-refractivity contribution in [3.05, 3.63) is 70.4 Å². The first-order valence-corrected chi connectivity index (χ1v) is 10.5. The highest BCUT2D eigenvalue weighted by Gasteiger charge is 2.19. The van der Waals surface area contributed by atoms with Crippen LogP contribution in [0.4, 0.5) is 0 Å². The van der Waals surface area contributed by atoms with Crippen LogP contribution in [0.2, 0.25) is 5.02 Å². The molecule has 1 amide bonds. The van der Waals surface area contributed by atoms with Gasteiger partial charge in [0.25, 0.3) is 5.91 Å². The predicted octanol–water partition coefficient (Wildman–Crippen LogP) is 2.91. The van der Waals surface area contributed by atoms with Crippen molar-refractivity contribution in [2.24, 2.45) is 0 Å². The molecular weight excluding hydrogens is 416 g/mol. The number of hydrogen-bond donors (Lipinski definition) is 1. The molecule has 31 heavy (non-hydrogen) atoms. The van der Waals surface area contributed by atoms with Gasteiger partial charge in [-0.15, -0.1) is 0 Å². The molecule has 1 saturated heterocycles. The number of hydrogen-bond acceptors (Lipinski definition) is 6. The van der Waals surface area contributed by atoms with E-state index >= 15 is 0 Å². The number of benzene rings is 2. The van der Waals surface area contributed by atoms with Crippen molar-refractivity contribution in [3.8, 4) is 17.6 Å².